The fraction of sp³-hybridized carbons (Fsp3) is 0.286. The van der Waals surface area contributed by atoms with E-state index in [4.69, 9.17) is 26.8 Å². The van der Waals surface area contributed by atoms with Crippen LogP contribution in [-0.2, 0) is 0 Å². The van der Waals surface area contributed by atoms with Crippen LogP contribution in [0.1, 0.15) is 13.8 Å². The third kappa shape index (κ3) is 2.36. The standard InChI is InChI=1S/C14H14ClN3O2/c1-14(2)7-19-11-4-3-10(18-13(11)20-14)8-6-17-12(15)5-9(8)16/h3-6H,7H2,1-2H3,(H2,16,17). The van der Waals surface area contributed by atoms with Crippen LogP contribution in [0, 0.1) is 0 Å². The summed E-state index contributed by atoms with van der Waals surface area (Å²) in [5, 5.41) is 0.352. The van der Waals surface area contributed by atoms with E-state index in [2.05, 4.69) is 9.97 Å². The smallest absolute Gasteiger partial charge is 0.258 e. The molecule has 0 amide bonds. The number of nitrogens with zero attached hydrogens (tertiary/aromatic N) is 2. The van der Waals surface area contributed by atoms with Crippen molar-refractivity contribution in [3.63, 3.8) is 0 Å². The SMILES string of the molecule is CC1(C)COc2ccc(-c3cnc(Cl)cc3N)nc2O1. The first-order valence-electron chi connectivity index (χ1n) is 6.19. The predicted octanol–water partition coefficient (Wildman–Crippen LogP) is 2.93. The molecule has 1 aliphatic rings. The Kier molecular flexibility index (Phi) is 2.94. The molecule has 0 fully saturated rings. The van der Waals surface area contributed by atoms with E-state index >= 15 is 0 Å². The number of pyridine rings is 2. The maximum absolute atomic E-state index is 5.95. The van der Waals surface area contributed by atoms with Crippen molar-refractivity contribution in [2.75, 3.05) is 12.3 Å². The quantitative estimate of drug-likeness (QED) is 0.818. The van der Waals surface area contributed by atoms with Gasteiger partial charge in [-0.1, -0.05) is 11.6 Å². The first-order chi connectivity index (χ1) is 9.44. The number of hydrogen-bond acceptors (Lipinski definition) is 5. The topological polar surface area (TPSA) is 70.3 Å². The molecule has 0 aliphatic carbocycles. The van der Waals surface area contributed by atoms with Gasteiger partial charge in [0.15, 0.2) is 5.75 Å². The highest BCUT2D eigenvalue weighted by molar-refractivity contribution is 6.29. The van der Waals surface area contributed by atoms with Gasteiger partial charge in [-0.2, -0.15) is 0 Å². The molecule has 1 aliphatic heterocycles. The highest BCUT2D eigenvalue weighted by Gasteiger charge is 2.29. The summed E-state index contributed by atoms with van der Waals surface area (Å²) in [7, 11) is 0. The molecule has 0 aromatic carbocycles. The number of fused-ring (bicyclic) bond motifs is 1. The second-order valence-electron chi connectivity index (χ2n) is 5.24. The van der Waals surface area contributed by atoms with Gasteiger partial charge >= 0.3 is 0 Å². The molecule has 0 spiro atoms. The largest absolute Gasteiger partial charge is 0.484 e. The molecule has 0 radical (unpaired) electrons. The molecular weight excluding hydrogens is 278 g/mol. The van der Waals surface area contributed by atoms with Gasteiger partial charge in [0.05, 0.1) is 5.69 Å². The van der Waals surface area contributed by atoms with Gasteiger partial charge in [-0.3, -0.25) is 0 Å². The highest BCUT2D eigenvalue weighted by Crippen LogP contribution is 2.36. The molecule has 2 aromatic rings. The van der Waals surface area contributed by atoms with Crippen molar-refractivity contribution in [1.29, 1.82) is 0 Å². The first kappa shape index (κ1) is 13.0. The number of hydrogen-bond donors (Lipinski definition) is 1. The van der Waals surface area contributed by atoms with Gasteiger partial charge in [0.25, 0.3) is 5.88 Å². The van der Waals surface area contributed by atoms with Crippen molar-refractivity contribution < 1.29 is 9.47 Å². The molecule has 6 heteroatoms. The monoisotopic (exact) mass is 291 g/mol. The van der Waals surface area contributed by atoms with Crippen molar-refractivity contribution in [2.24, 2.45) is 0 Å². The van der Waals surface area contributed by atoms with Crippen LogP contribution in [0.4, 0.5) is 5.69 Å². The normalized spacial score (nSPS) is 15.9. The van der Waals surface area contributed by atoms with Crippen molar-refractivity contribution in [3.8, 4) is 22.9 Å². The third-order valence-corrected chi connectivity index (χ3v) is 3.16. The predicted molar refractivity (Wildman–Crippen MR) is 77.1 cm³/mol. The van der Waals surface area contributed by atoms with Crippen LogP contribution in [0.5, 0.6) is 11.6 Å². The van der Waals surface area contributed by atoms with Crippen LogP contribution < -0.4 is 15.2 Å². The van der Waals surface area contributed by atoms with Crippen LogP contribution in [-0.4, -0.2) is 22.2 Å². The lowest BCUT2D eigenvalue weighted by Gasteiger charge is -2.31. The Morgan fingerprint density at radius 1 is 1.35 bits per heavy atom. The summed E-state index contributed by atoms with van der Waals surface area (Å²) in [5.41, 5.74) is 7.45. The number of anilines is 1. The Balaban J connectivity index is 2.04. The molecule has 20 heavy (non-hydrogen) atoms. The minimum Gasteiger partial charge on any atom is -0.484 e. The van der Waals surface area contributed by atoms with Crippen molar-refractivity contribution in [1.82, 2.24) is 9.97 Å². The van der Waals surface area contributed by atoms with E-state index in [9.17, 15) is 0 Å². The molecule has 0 atom stereocenters. The van der Waals surface area contributed by atoms with Gasteiger partial charge in [0, 0.05) is 17.4 Å². The maximum atomic E-state index is 5.95. The van der Waals surface area contributed by atoms with E-state index in [-0.39, 0.29) is 0 Å². The van der Waals surface area contributed by atoms with Crippen molar-refractivity contribution in [2.45, 2.75) is 19.4 Å². The van der Waals surface area contributed by atoms with Gasteiger partial charge in [-0.05, 0) is 32.0 Å². The molecule has 0 bridgehead atoms. The molecule has 2 N–H and O–H groups in total. The second-order valence-corrected chi connectivity index (χ2v) is 5.63. The van der Waals surface area contributed by atoms with Crippen LogP contribution in [0.15, 0.2) is 24.4 Å². The zero-order valence-corrected chi connectivity index (χ0v) is 11.9. The number of nitrogen functional groups attached to an aromatic ring is 1. The molecule has 3 rings (SSSR count). The molecule has 5 nitrogen and oxygen atoms in total. The highest BCUT2D eigenvalue weighted by atomic mass is 35.5. The zero-order chi connectivity index (χ0) is 14.3. The minimum atomic E-state index is -0.400. The molecular formula is C14H14ClN3O2. The Morgan fingerprint density at radius 3 is 2.90 bits per heavy atom. The summed E-state index contributed by atoms with van der Waals surface area (Å²) in [6, 6.07) is 5.24. The zero-order valence-electron chi connectivity index (χ0n) is 11.2. The number of rotatable bonds is 1. The number of ether oxygens (including phenoxy) is 2. The van der Waals surface area contributed by atoms with Gasteiger partial charge in [0.1, 0.15) is 17.4 Å². The van der Waals surface area contributed by atoms with E-state index < -0.39 is 5.60 Å². The van der Waals surface area contributed by atoms with Gasteiger partial charge in [-0.25, -0.2) is 9.97 Å². The van der Waals surface area contributed by atoms with Gasteiger partial charge in [-0.15, -0.1) is 0 Å². The lowest BCUT2D eigenvalue weighted by atomic mass is 10.1. The van der Waals surface area contributed by atoms with E-state index in [1.165, 1.54) is 0 Å². The van der Waals surface area contributed by atoms with Gasteiger partial charge < -0.3 is 15.2 Å². The summed E-state index contributed by atoms with van der Waals surface area (Å²) in [4.78, 5) is 8.49. The summed E-state index contributed by atoms with van der Waals surface area (Å²) in [6.07, 6.45) is 1.60. The summed E-state index contributed by atoms with van der Waals surface area (Å²) in [5.74, 6) is 1.10. The third-order valence-electron chi connectivity index (χ3n) is 2.95. The summed E-state index contributed by atoms with van der Waals surface area (Å²) in [6.45, 7) is 4.39. The molecule has 2 aromatic heterocycles. The fourth-order valence-electron chi connectivity index (χ4n) is 1.96. The number of halogens is 1. The average Bonchev–Trinajstić information content (AvgIpc) is 2.37. The lowest BCUT2D eigenvalue weighted by Crippen LogP contribution is -2.39. The Bertz CT molecular complexity index is 673. The molecule has 0 unspecified atom stereocenters. The number of aromatic nitrogens is 2. The second kappa shape index (κ2) is 4.52. The average molecular weight is 292 g/mol. The van der Waals surface area contributed by atoms with Crippen LogP contribution in [0.2, 0.25) is 5.15 Å². The van der Waals surface area contributed by atoms with Crippen molar-refractivity contribution >= 4 is 17.3 Å². The Morgan fingerprint density at radius 2 is 2.15 bits per heavy atom. The van der Waals surface area contributed by atoms with E-state index in [0.717, 1.165) is 0 Å². The molecule has 0 saturated heterocycles. The molecule has 104 valence electrons. The fourth-order valence-corrected chi connectivity index (χ4v) is 2.13. The van der Waals surface area contributed by atoms with Gasteiger partial charge in [0.2, 0.25) is 0 Å². The number of nitrogens with two attached hydrogens (primary N) is 1. The first-order valence-corrected chi connectivity index (χ1v) is 6.57. The minimum absolute atomic E-state index is 0.352. The van der Waals surface area contributed by atoms with Crippen LogP contribution in [0.25, 0.3) is 11.3 Å². The van der Waals surface area contributed by atoms with Crippen LogP contribution in [0.3, 0.4) is 0 Å². The van der Waals surface area contributed by atoms with E-state index in [1.807, 2.05) is 26.0 Å². The Hall–Kier alpha value is -2.01. The van der Waals surface area contributed by atoms with E-state index in [0.29, 0.717) is 40.3 Å². The molecule has 0 saturated carbocycles. The summed E-state index contributed by atoms with van der Waals surface area (Å²) >= 11 is 5.80. The van der Waals surface area contributed by atoms with Crippen molar-refractivity contribution in [3.05, 3.63) is 29.5 Å². The summed E-state index contributed by atoms with van der Waals surface area (Å²) < 4.78 is 11.4. The van der Waals surface area contributed by atoms with Crippen LogP contribution >= 0.6 is 11.6 Å². The lowest BCUT2D eigenvalue weighted by molar-refractivity contribution is 0.0163. The Labute approximate surface area is 121 Å². The van der Waals surface area contributed by atoms with E-state index in [1.54, 1.807) is 12.3 Å². The molecule has 3 heterocycles. The maximum Gasteiger partial charge on any atom is 0.258 e.